The summed E-state index contributed by atoms with van der Waals surface area (Å²) in [4.78, 5) is 14.4. The zero-order chi connectivity index (χ0) is 16.1. The summed E-state index contributed by atoms with van der Waals surface area (Å²) in [6.07, 6.45) is 3.73. The minimum absolute atomic E-state index is 0.0377. The molecule has 0 saturated carbocycles. The molecule has 0 aliphatic carbocycles. The fourth-order valence-electron chi connectivity index (χ4n) is 2.90. The second kappa shape index (κ2) is 7.18. The molecule has 1 heterocycles. The van der Waals surface area contributed by atoms with Crippen LogP contribution in [0.1, 0.15) is 24.8 Å². The Morgan fingerprint density at radius 1 is 1.00 bits per heavy atom. The van der Waals surface area contributed by atoms with E-state index >= 15 is 0 Å². The highest BCUT2D eigenvalue weighted by Gasteiger charge is 2.12. The van der Waals surface area contributed by atoms with Crippen LogP contribution in [0.15, 0.2) is 48.5 Å². The number of carbonyl (C=O) groups excluding carboxylic acids is 1. The topological polar surface area (TPSA) is 58.4 Å². The maximum atomic E-state index is 12.0. The van der Waals surface area contributed by atoms with Gasteiger partial charge in [-0.05, 0) is 61.2 Å². The van der Waals surface area contributed by atoms with Crippen LogP contribution in [0.4, 0.5) is 17.1 Å². The molecule has 4 heteroatoms. The SMILES string of the molecule is Nc1ccc(CCC(=O)Nc2ccc(N3CCCC3)cc2)cc1. The van der Waals surface area contributed by atoms with Crippen molar-refractivity contribution in [1.29, 1.82) is 0 Å². The molecule has 4 nitrogen and oxygen atoms in total. The van der Waals surface area contributed by atoms with Crippen LogP contribution < -0.4 is 16.0 Å². The molecule has 120 valence electrons. The number of nitrogens with two attached hydrogens (primary N) is 1. The Kier molecular flexibility index (Phi) is 4.81. The Labute approximate surface area is 137 Å². The van der Waals surface area contributed by atoms with Gasteiger partial charge in [-0.3, -0.25) is 4.79 Å². The Morgan fingerprint density at radius 2 is 1.65 bits per heavy atom. The molecule has 23 heavy (non-hydrogen) atoms. The number of anilines is 3. The van der Waals surface area contributed by atoms with Crippen molar-refractivity contribution in [2.75, 3.05) is 29.0 Å². The summed E-state index contributed by atoms with van der Waals surface area (Å²) in [5, 5.41) is 2.96. The number of amides is 1. The molecule has 2 aromatic carbocycles. The van der Waals surface area contributed by atoms with E-state index in [9.17, 15) is 4.79 Å². The summed E-state index contributed by atoms with van der Waals surface area (Å²) in [7, 11) is 0. The van der Waals surface area contributed by atoms with Crippen molar-refractivity contribution in [3.8, 4) is 0 Å². The summed E-state index contributed by atoms with van der Waals surface area (Å²) < 4.78 is 0. The third-order valence-corrected chi connectivity index (χ3v) is 4.24. The number of hydrogen-bond donors (Lipinski definition) is 2. The second-order valence-electron chi connectivity index (χ2n) is 6.03. The first-order valence-electron chi connectivity index (χ1n) is 8.20. The summed E-state index contributed by atoms with van der Waals surface area (Å²) in [6.45, 7) is 2.26. The lowest BCUT2D eigenvalue weighted by Crippen LogP contribution is -2.17. The van der Waals surface area contributed by atoms with E-state index in [-0.39, 0.29) is 5.91 Å². The van der Waals surface area contributed by atoms with E-state index in [0.29, 0.717) is 6.42 Å². The Hall–Kier alpha value is -2.49. The molecule has 0 spiro atoms. The highest BCUT2D eigenvalue weighted by atomic mass is 16.1. The molecular formula is C19H23N3O. The Morgan fingerprint density at radius 3 is 2.30 bits per heavy atom. The standard InChI is InChI=1S/C19H23N3O/c20-16-6-3-15(4-7-16)5-12-19(23)21-17-8-10-18(11-9-17)22-13-1-2-14-22/h3-4,6-11H,1-2,5,12-14,20H2,(H,21,23). The zero-order valence-electron chi connectivity index (χ0n) is 13.3. The molecule has 0 aromatic heterocycles. The maximum Gasteiger partial charge on any atom is 0.224 e. The summed E-state index contributed by atoms with van der Waals surface area (Å²) in [6, 6.07) is 15.8. The molecule has 1 amide bonds. The van der Waals surface area contributed by atoms with E-state index in [1.165, 1.54) is 18.5 Å². The molecule has 3 rings (SSSR count). The predicted molar refractivity (Wildman–Crippen MR) is 95.7 cm³/mol. The van der Waals surface area contributed by atoms with E-state index in [4.69, 9.17) is 5.73 Å². The molecule has 3 N–H and O–H groups in total. The highest BCUT2D eigenvalue weighted by Crippen LogP contribution is 2.22. The second-order valence-corrected chi connectivity index (χ2v) is 6.03. The molecule has 1 saturated heterocycles. The summed E-state index contributed by atoms with van der Waals surface area (Å²) in [5.41, 5.74) is 9.62. The number of carbonyl (C=O) groups is 1. The van der Waals surface area contributed by atoms with Crippen molar-refractivity contribution < 1.29 is 4.79 Å². The number of rotatable bonds is 5. The number of nitrogens with one attached hydrogen (secondary N) is 1. The van der Waals surface area contributed by atoms with Gasteiger partial charge in [0.2, 0.25) is 5.91 Å². The van der Waals surface area contributed by atoms with Crippen LogP contribution in [0, 0.1) is 0 Å². The summed E-state index contributed by atoms with van der Waals surface area (Å²) >= 11 is 0. The van der Waals surface area contributed by atoms with Crippen LogP contribution in [0.25, 0.3) is 0 Å². The van der Waals surface area contributed by atoms with Crippen molar-refractivity contribution in [1.82, 2.24) is 0 Å². The third-order valence-electron chi connectivity index (χ3n) is 4.24. The van der Waals surface area contributed by atoms with E-state index in [1.807, 2.05) is 36.4 Å². The first-order chi connectivity index (χ1) is 11.2. The van der Waals surface area contributed by atoms with Gasteiger partial charge in [0.15, 0.2) is 0 Å². The number of nitrogen functional groups attached to an aromatic ring is 1. The van der Waals surface area contributed by atoms with Gasteiger partial charge in [-0.1, -0.05) is 12.1 Å². The van der Waals surface area contributed by atoms with Crippen LogP contribution in [-0.2, 0) is 11.2 Å². The monoisotopic (exact) mass is 309 g/mol. The van der Waals surface area contributed by atoms with Crippen LogP contribution in [0.5, 0.6) is 0 Å². The predicted octanol–water partition coefficient (Wildman–Crippen LogP) is 3.44. The molecule has 0 bridgehead atoms. The van der Waals surface area contributed by atoms with E-state index in [0.717, 1.165) is 36.4 Å². The molecule has 2 aromatic rings. The van der Waals surface area contributed by atoms with Crippen LogP contribution in [0.3, 0.4) is 0 Å². The molecule has 1 aliphatic rings. The third kappa shape index (κ3) is 4.25. The fraction of sp³-hybridized carbons (Fsp3) is 0.316. The van der Waals surface area contributed by atoms with Gasteiger partial charge in [0.1, 0.15) is 0 Å². The zero-order valence-corrected chi connectivity index (χ0v) is 13.3. The smallest absolute Gasteiger partial charge is 0.224 e. The fourth-order valence-corrected chi connectivity index (χ4v) is 2.90. The van der Waals surface area contributed by atoms with E-state index < -0.39 is 0 Å². The van der Waals surface area contributed by atoms with Gasteiger partial charge < -0.3 is 16.0 Å². The minimum Gasteiger partial charge on any atom is -0.399 e. The van der Waals surface area contributed by atoms with E-state index in [2.05, 4.69) is 22.3 Å². The highest BCUT2D eigenvalue weighted by molar-refractivity contribution is 5.91. The Balaban J connectivity index is 1.50. The lowest BCUT2D eigenvalue weighted by molar-refractivity contribution is -0.116. The average molecular weight is 309 g/mol. The van der Waals surface area contributed by atoms with Gasteiger partial charge in [-0.15, -0.1) is 0 Å². The van der Waals surface area contributed by atoms with Gasteiger partial charge in [0.05, 0.1) is 0 Å². The minimum atomic E-state index is 0.0377. The average Bonchev–Trinajstić information content (AvgIpc) is 3.09. The van der Waals surface area contributed by atoms with Crippen LogP contribution in [-0.4, -0.2) is 19.0 Å². The first-order valence-corrected chi connectivity index (χ1v) is 8.20. The van der Waals surface area contributed by atoms with Gasteiger partial charge >= 0.3 is 0 Å². The number of nitrogens with zero attached hydrogens (tertiary/aromatic N) is 1. The van der Waals surface area contributed by atoms with Gasteiger partial charge in [-0.2, -0.15) is 0 Å². The normalized spacial score (nSPS) is 14.0. The van der Waals surface area contributed by atoms with Crippen molar-refractivity contribution in [2.45, 2.75) is 25.7 Å². The van der Waals surface area contributed by atoms with Crippen molar-refractivity contribution in [2.24, 2.45) is 0 Å². The molecule has 0 atom stereocenters. The van der Waals surface area contributed by atoms with Crippen LogP contribution in [0.2, 0.25) is 0 Å². The summed E-state index contributed by atoms with van der Waals surface area (Å²) in [5.74, 6) is 0.0377. The lowest BCUT2D eigenvalue weighted by Gasteiger charge is -2.17. The molecular weight excluding hydrogens is 286 g/mol. The molecule has 1 fully saturated rings. The van der Waals surface area contributed by atoms with E-state index in [1.54, 1.807) is 0 Å². The first kappa shape index (κ1) is 15.4. The van der Waals surface area contributed by atoms with Gasteiger partial charge in [-0.25, -0.2) is 0 Å². The van der Waals surface area contributed by atoms with Crippen molar-refractivity contribution in [3.63, 3.8) is 0 Å². The largest absolute Gasteiger partial charge is 0.399 e. The van der Waals surface area contributed by atoms with Crippen molar-refractivity contribution >= 4 is 23.0 Å². The Bertz CT molecular complexity index is 643. The molecule has 0 unspecified atom stereocenters. The van der Waals surface area contributed by atoms with Gasteiger partial charge in [0, 0.05) is 36.6 Å². The maximum absolute atomic E-state index is 12.0. The molecule has 0 radical (unpaired) electrons. The number of hydrogen-bond acceptors (Lipinski definition) is 3. The van der Waals surface area contributed by atoms with Crippen molar-refractivity contribution in [3.05, 3.63) is 54.1 Å². The number of aryl methyl sites for hydroxylation is 1. The molecule has 1 aliphatic heterocycles. The number of benzene rings is 2. The quantitative estimate of drug-likeness (QED) is 0.832. The lowest BCUT2D eigenvalue weighted by atomic mass is 10.1. The van der Waals surface area contributed by atoms with Crippen LogP contribution >= 0.6 is 0 Å². The van der Waals surface area contributed by atoms with Gasteiger partial charge in [0.25, 0.3) is 0 Å².